The minimum Gasteiger partial charge on any atom is -0.324 e. The summed E-state index contributed by atoms with van der Waals surface area (Å²) in [5.41, 5.74) is 1.21. The highest BCUT2D eigenvalue weighted by Gasteiger charge is 2.36. The van der Waals surface area contributed by atoms with E-state index in [1.54, 1.807) is 30.3 Å². The van der Waals surface area contributed by atoms with Crippen molar-refractivity contribution in [2.24, 2.45) is 0 Å². The van der Waals surface area contributed by atoms with Crippen LogP contribution in [-0.2, 0) is 4.79 Å². The second-order valence-electron chi connectivity index (χ2n) is 6.62. The molecule has 0 saturated heterocycles. The molecule has 4 rings (SSSR count). The highest BCUT2D eigenvalue weighted by Crippen LogP contribution is 2.38. The van der Waals surface area contributed by atoms with Gasteiger partial charge < -0.3 is 10.2 Å². The molecule has 1 aliphatic heterocycles. The quantitative estimate of drug-likeness (QED) is 0.595. The van der Waals surface area contributed by atoms with E-state index in [0.717, 1.165) is 16.6 Å². The number of amides is 2. The molecule has 0 spiro atoms. The molecular weight excluding hydrogens is 442 g/mol. The molecule has 0 fully saturated rings. The van der Waals surface area contributed by atoms with Crippen LogP contribution in [-0.4, -0.2) is 23.3 Å². The summed E-state index contributed by atoms with van der Waals surface area (Å²) in [4.78, 5) is 27.0. The SMILES string of the molecule is O=C1CN(C(=O)c2c(F)cccc2F)[C@H](c2ccccc2)c2cc(Br)ccc2N1. The Morgan fingerprint density at radius 2 is 1.69 bits per heavy atom. The maximum atomic E-state index is 14.3. The number of hydrogen-bond acceptors (Lipinski definition) is 2. The van der Waals surface area contributed by atoms with Crippen LogP contribution in [0.1, 0.15) is 27.5 Å². The lowest BCUT2D eigenvalue weighted by atomic mass is 9.95. The average molecular weight is 457 g/mol. The third-order valence-electron chi connectivity index (χ3n) is 4.76. The lowest BCUT2D eigenvalue weighted by Gasteiger charge is -2.31. The number of nitrogens with zero attached hydrogens (tertiary/aromatic N) is 1. The zero-order valence-corrected chi connectivity index (χ0v) is 16.6. The molecule has 0 bridgehead atoms. The lowest BCUT2D eigenvalue weighted by Crippen LogP contribution is -2.39. The summed E-state index contributed by atoms with van der Waals surface area (Å²) in [6.45, 7) is -0.349. The van der Waals surface area contributed by atoms with Gasteiger partial charge in [-0.2, -0.15) is 0 Å². The van der Waals surface area contributed by atoms with Gasteiger partial charge in [0.2, 0.25) is 5.91 Å². The molecule has 1 atom stereocenters. The Balaban J connectivity index is 1.93. The van der Waals surface area contributed by atoms with Crippen LogP contribution in [0, 0.1) is 11.6 Å². The van der Waals surface area contributed by atoms with E-state index in [9.17, 15) is 18.4 Å². The van der Waals surface area contributed by atoms with Gasteiger partial charge in [0, 0.05) is 15.7 Å². The molecule has 1 N–H and O–H groups in total. The summed E-state index contributed by atoms with van der Waals surface area (Å²) >= 11 is 3.42. The van der Waals surface area contributed by atoms with E-state index in [1.165, 1.54) is 11.0 Å². The fourth-order valence-electron chi connectivity index (χ4n) is 3.51. The van der Waals surface area contributed by atoms with Gasteiger partial charge in [-0.25, -0.2) is 8.78 Å². The van der Waals surface area contributed by atoms with E-state index < -0.39 is 35.1 Å². The summed E-state index contributed by atoms with van der Waals surface area (Å²) in [5, 5.41) is 2.77. The molecule has 0 saturated carbocycles. The van der Waals surface area contributed by atoms with Crippen molar-refractivity contribution in [1.82, 2.24) is 4.90 Å². The van der Waals surface area contributed by atoms with E-state index in [1.807, 2.05) is 18.2 Å². The molecule has 2 amide bonds. The van der Waals surface area contributed by atoms with Crippen molar-refractivity contribution in [1.29, 1.82) is 0 Å². The molecule has 146 valence electrons. The fourth-order valence-corrected chi connectivity index (χ4v) is 3.89. The molecule has 7 heteroatoms. The van der Waals surface area contributed by atoms with E-state index >= 15 is 0 Å². The second kappa shape index (κ2) is 7.75. The predicted molar refractivity (Wildman–Crippen MR) is 108 cm³/mol. The number of anilines is 1. The Kier molecular flexibility index (Phi) is 5.15. The predicted octanol–water partition coefficient (Wildman–Crippen LogP) is 4.91. The van der Waals surface area contributed by atoms with Crippen LogP contribution in [0.4, 0.5) is 14.5 Å². The van der Waals surface area contributed by atoms with E-state index in [2.05, 4.69) is 21.2 Å². The van der Waals surface area contributed by atoms with Crippen molar-refractivity contribution in [2.45, 2.75) is 6.04 Å². The Morgan fingerprint density at radius 3 is 2.38 bits per heavy atom. The minimum absolute atomic E-state index is 0.349. The van der Waals surface area contributed by atoms with Gasteiger partial charge in [-0.05, 0) is 35.9 Å². The van der Waals surface area contributed by atoms with Gasteiger partial charge in [0.05, 0.1) is 6.04 Å². The molecular formula is C22H15BrF2N2O2. The van der Waals surface area contributed by atoms with Gasteiger partial charge >= 0.3 is 0 Å². The largest absolute Gasteiger partial charge is 0.324 e. The van der Waals surface area contributed by atoms with Crippen LogP contribution in [0.5, 0.6) is 0 Å². The van der Waals surface area contributed by atoms with E-state index in [0.29, 0.717) is 16.8 Å². The minimum atomic E-state index is -0.971. The molecule has 4 nitrogen and oxygen atoms in total. The number of hydrogen-bond donors (Lipinski definition) is 1. The van der Waals surface area contributed by atoms with Gasteiger partial charge in [-0.3, -0.25) is 9.59 Å². The van der Waals surface area contributed by atoms with Crippen molar-refractivity contribution < 1.29 is 18.4 Å². The summed E-state index contributed by atoms with van der Waals surface area (Å²) in [6, 6.07) is 16.9. The van der Waals surface area contributed by atoms with Crippen LogP contribution >= 0.6 is 15.9 Å². The Hall–Kier alpha value is -3.06. The molecule has 3 aromatic carbocycles. The summed E-state index contributed by atoms with van der Waals surface area (Å²) in [5.74, 6) is -3.28. The van der Waals surface area contributed by atoms with E-state index in [4.69, 9.17) is 0 Å². The standard InChI is InChI=1S/C22H15BrF2N2O2/c23-14-9-10-18-15(11-14)21(13-5-2-1-3-6-13)27(12-19(28)26-18)22(29)20-16(24)7-4-8-17(20)25/h1-11,21H,12H2,(H,26,28)/t21-/m1/s1. The summed E-state index contributed by atoms with van der Waals surface area (Å²) in [6.07, 6.45) is 0. The van der Waals surface area contributed by atoms with Crippen LogP contribution < -0.4 is 5.32 Å². The van der Waals surface area contributed by atoms with Gasteiger partial charge in [0.25, 0.3) is 5.91 Å². The third kappa shape index (κ3) is 3.65. The number of carbonyl (C=O) groups is 2. The van der Waals surface area contributed by atoms with Crippen molar-refractivity contribution in [3.63, 3.8) is 0 Å². The van der Waals surface area contributed by atoms with Crippen molar-refractivity contribution >= 4 is 33.4 Å². The first-order valence-electron chi connectivity index (χ1n) is 8.85. The summed E-state index contributed by atoms with van der Waals surface area (Å²) in [7, 11) is 0. The number of fused-ring (bicyclic) bond motifs is 1. The first-order valence-corrected chi connectivity index (χ1v) is 9.64. The molecule has 0 aliphatic carbocycles. The Morgan fingerprint density at radius 1 is 1.00 bits per heavy atom. The average Bonchev–Trinajstić information content (AvgIpc) is 2.84. The second-order valence-corrected chi connectivity index (χ2v) is 7.54. The first kappa shape index (κ1) is 19.3. The van der Waals surface area contributed by atoms with Crippen LogP contribution in [0.25, 0.3) is 0 Å². The third-order valence-corrected chi connectivity index (χ3v) is 5.25. The normalized spacial score (nSPS) is 16.0. The molecule has 3 aromatic rings. The van der Waals surface area contributed by atoms with Gasteiger partial charge in [0.1, 0.15) is 23.7 Å². The number of benzene rings is 3. The Bertz CT molecular complexity index is 1080. The zero-order valence-electron chi connectivity index (χ0n) is 15.0. The van der Waals surface area contributed by atoms with Gasteiger partial charge in [0.15, 0.2) is 0 Å². The topological polar surface area (TPSA) is 49.4 Å². The highest BCUT2D eigenvalue weighted by atomic mass is 79.9. The molecule has 29 heavy (non-hydrogen) atoms. The summed E-state index contributed by atoms with van der Waals surface area (Å²) < 4.78 is 29.4. The van der Waals surface area contributed by atoms with Gasteiger partial charge in [-0.15, -0.1) is 0 Å². The Labute approximate surface area is 174 Å². The van der Waals surface area contributed by atoms with Crippen LogP contribution in [0.15, 0.2) is 71.2 Å². The van der Waals surface area contributed by atoms with E-state index in [-0.39, 0.29) is 6.54 Å². The molecule has 0 unspecified atom stereocenters. The molecule has 0 aromatic heterocycles. The van der Waals surface area contributed by atoms with Gasteiger partial charge in [-0.1, -0.05) is 52.3 Å². The number of carbonyl (C=O) groups excluding carboxylic acids is 2. The number of nitrogens with one attached hydrogen (secondary N) is 1. The monoisotopic (exact) mass is 456 g/mol. The maximum absolute atomic E-state index is 14.3. The molecule has 1 heterocycles. The van der Waals surface area contributed by atoms with Crippen LogP contribution in [0.3, 0.4) is 0 Å². The molecule has 0 radical (unpaired) electrons. The maximum Gasteiger partial charge on any atom is 0.261 e. The smallest absolute Gasteiger partial charge is 0.261 e. The fraction of sp³-hybridized carbons (Fsp3) is 0.0909. The molecule has 1 aliphatic rings. The van der Waals surface area contributed by atoms with Crippen molar-refractivity contribution in [3.05, 3.63) is 99.5 Å². The zero-order chi connectivity index (χ0) is 20.5. The highest BCUT2D eigenvalue weighted by molar-refractivity contribution is 9.10. The number of rotatable bonds is 2. The number of halogens is 3. The van der Waals surface area contributed by atoms with Crippen molar-refractivity contribution in [3.8, 4) is 0 Å². The lowest BCUT2D eigenvalue weighted by molar-refractivity contribution is -0.117. The van der Waals surface area contributed by atoms with Crippen LogP contribution in [0.2, 0.25) is 0 Å². The van der Waals surface area contributed by atoms with Crippen molar-refractivity contribution in [2.75, 3.05) is 11.9 Å². The first-order chi connectivity index (χ1) is 14.0.